The molecule has 1 fully saturated rings. The number of hydrogen-bond donors (Lipinski definition) is 1. The Morgan fingerprint density at radius 1 is 1.14 bits per heavy atom. The number of pyridine rings is 1. The summed E-state index contributed by atoms with van der Waals surface area (Å²) in [5.41, 5.74) is 5.13. The van der Waals surface area contributed by atoms with E-state index in [4.69, 9.17) is 21.1 Å². The number of benzene rings is 2. The SMILES string of the molecule is O=C(N/N=C/c1cc2cc3c(cc2nc1Cl)OCCO3)[C@@H]1C[C@H]1c1ccccc1. The van der Waals surface area contributed by atoms with Crippen LogP contribution in [0.25, 0.3) is 10.9 Å². The first-order valence-corrected chi connectivity index (χ1v) is 9.84. The number of nitrogens with zero attached hydrogens (tertiary/aromatic N) is 2. The van der Waals surface area contributed by atoms with Crippen LogP contribution >= 0.6 is 11.6 Å². The molecule has 2 aliphatic rings. The topological polar surface area (TPSA) is 72.8 Å². The molecule has 1 saturated carbocycles. The van der Waals surface area contributed by atoms with Gasteiger partial charge in [-0.25, -0.2) is 10.4 Å². The summed E-state index contributed by atoms with van der Waals surface area (Å²) in [6.07, 6.45) is 2.36. The zero-order valence-corrected chi connectivity index (χ0v) is 16.2. The molecule has 7 heteroatoms. The van der Waals surface area contributed by atoms with E-state index in [1.165, 1.54) is 11.8 Å². The van der Waals surface area contributed by atoms with Crippen LogP contribution in [0.5, 0.6) is 11.5 Å². The van der Waals surface area contributed by atoms with Gasteiger partial charge in [0, 0.05) is 22.9 Å². The summed E-state index contributed by atoms with van der Waals surface area (Å²) < 4.78 is 11.2. The Kier molecular flexibility index (Phi) is 4.56. The maximum absolute atomic E-state index is 12.3. The maximum atomic E-state index is 12.3. The molecule has 1 N–H and O–H groups in total. The Hall–Kier alpha value is -3.12. The lowest BCUT2D eigenvalue weighted by molar-refractivity contribution is -0.122. The van der Waals surface area contributed by atoms with Gasteiger partial charge in [-0.05, 0) is 30.0 Å². The predicted molar refractivity (Wildman–Crippen MR) is 111 cm³/mol. The van der Waals surface area contributed by atoms with Gasteiger partial charge in [0.05, 0.1) is 11.7 Å². The summed E-state index contributed by atoms with van der Waals surface area (Å²) in [6, 6.07) is 15.6. The number of rotatable bonds is 4. The third-order valence-electron chi connectivity index (χ3n) is 5.19. The van der Waals surface area contributed by atoms with Crippen LogP contribution in [0, 0.1) is 5.92 Å². The molecule has 1 aliphatic heterocycles. The molecule has 1 aliphatic carbocycles. The number of carbonyl (C=O) groups excluding carboxylic acids is 1. The average Bonchev–Trinajstić information content (AvgIpc) is 3.54. The molecular formula is C22H18ClN3O3. The second-order valence-electron chi connectivity index (χ2n) is 7.15. The number of aromatic nitrogens is 1. The van der Waals surface area contributed by atoms with Crippen LogP contribution < -0.4 is 14.9 Å². The van der Waals surface area contributed by atoms with E-state index in [1.807, 2.05) is 36.4 Å². The van der Waals surface area contributed by atoms with Gasteiger partial charge in [0.2, 0.25) is 5.91 Å². The van der Waals surface area contributed by atoms with Crippen LogP contribution in [0.2, 0.25) is 5.15 Å². The van der Waals surface area contributed by atoms with Crippen LogP contribution in [0.3, 0.4) is 0 Å². The van der Waals surface area contributed by atoms with Gasteiger partial charge in [0.15, 0.2) is 11.5 Å². The van der Waals surface area contributed by atoms with Gasteiger partial charge in [0.1, 0.15) is 18.4 Å². The highest BCUT2D eigenvalue weighted by Crippen LogP contribution is 2.47. The lowest BCUT2D eigenvalue weighted by Gasteiger charge is -2.18. The van der Waals surface area contributed by atoms with E-state index in [1.54, 1.807) is 0 Å². The molecule has 6 nitrogen and oxygen atoms in total. The van der Waals surface area contributed by atoms with Gasteiger partial charge in [0.25, 0.3) is 0 Å². The molecule has 3 aromatic rings. The summed E-state index contributed by atoms with van der Waals surface area (Å²) in [7, 11) is 0. The minimum atomic E-state index is -0.0837. The normalized spacial score (nSPS) is 20.0. The van der Waals surface area contributed by atoms with Gasteiger partial charge in [-0.2, -0.15) is 5.10 Å². The number of hydrazone groups is 1. The Bertz CT molecular complexity index is 1120. The minimum Gasteiger partial charge on any atom is -0.486 e. The fraction of sp³-hybridized carbons (Fsp3) is 0.227. The molecule has 2 heterocycles. The summed E-state index contributed by atoms with van der Waals surface area (Å²) in [4.78, 5) is 16.7. The zero-order valence-electron chi connectivity index (χ0n) is 15.5. The van der Waals surface area contributed by atoms with Gasteiger partial charge in [-0.15, -0.1) is 0 Å². The first kappa shape index (κ1) is 17.9. The van der Waals surface area contributed by atoms with Crippen molar-refractivity contribution in [2.45, 2.75) is 12.3 Å². The second kappa shape index (κ2) is 7.37. The Balaban J connectivity index is 1.29. The number of hydrogen-bond acceptors (Lipinski definition) is 5. The van der Waals surface area contributed by atoms with Crippen molar-refractivity contribution >= 4 is 34.6 Å². The zero-order chi connectivity index (χ0) is 19.8. The highest BCUT2D eigenvalue weighted by atomic mass is 35.5. The monoisotopic (exact) mass is 407 g/mol. The predicted octanol–water partition coefficient (Wildman–Crippen LogP) is 3.91. The number of nitrogens with one attached hydrogen (secondary N) is 1. The van der Waals surface area contributed by atoms with Crippen LogP contribution in [0.1, 0.15) is 23.5 Å². The largest absolute Gasteiger partial charge is 0.486 e. The molecule has 29 heavy (non-hydrogen) atoms. The quantitative estimate of drug-likeness (QED) is 0.404. The molecule has 1 aromatic heterocycles. The average molecular weight is 408 g/mol. The van der Waals surface area contributed by atoms with Crippen molar-refractivity contribution in [3.05, 3.63) is 64.8 Å². The van der Waals surface area contributed by atoms with E-state index in [2.05, 4.69) is 27.6 Å². The summed E-state index contributed by atoms with van der Waals surface area (Å²) in [5.74, 6) is 1.50. The van der Waals surface area contributed by atoms with Crippen molar-refractivity contribution in [3.8, 4) is 11.5 Å². The molecular weight excluding hydrogens is 390 g/mol. The van der Waals surface area contributed by atoms with E-state index >= 15 is 0 Å². The highest BCUT2D eigenvalue weighted by Gasteiger charge is 2.43. The first-order chi connectivity index (χ1) is 14.2. The molecule has 1 amide bonds. The number of amides is 1. The van der Waals surface area contributed by atoms with Crippen molar-refractivity contribution in [1.82, 2.24) is 10.4 Å². The molecule has 5 rings (SSSR count). The fourth-order valence-corrected chi connectivity index (χ4v) is 3.79. The summed E-state index contributed by atoms with van der Waals surface area (Å²) in [6.45, 7) is 1.04. The van der Waals surface area contributed by atoms with E-state index in [9.17, 15) is 4.79 Å². The van der Waals surface area contributed by atoms with Gasteiger partial charge in [-0.3, -0.25) is 4.79 Å². The third-order valence-corrected chi connectivity index (χ3v) is 5.50. The summed E-state index contributed by atoms with van der Waals surface area (Å²) in [5, 5.41) is 5.25. The van der Waals surface area contributed by atoms with Crippen molar-refractivity contribution < 1.29 is 14.3 Å². The minimum absolute atomic E-state index is 0.0385. The standard InChI is InChI=1S/C22H18ClN3O3/c23-21-15(8-14-9-19-20(11-18(14)25-21)29-7-6-28-19)12-24-26-22(27)17-10-16(17)13-4-2-1-3-5-13/h1-5,8-9,11-12,16-17H,6-7,10H2,(H,26,27)/b24-12+/t16-,17+/m0/s1. The highest BCUT2D eigenvalue weighted by molar-refractivity contribution is 6.32. The van der Waals surface area contributed by atoms with Crippen LogP contribution in [0.15, 0.2) is 53.6 Å². The third kappa shape index (κ3) is 3.63. The number of carbonyl (C=O) groups is 1. The molecule has 0 saturated heterocycles. The first-order valence-electron chi connectivity index (χ1n) is 9.47. The fourth-order valence-electron chi connectivity index (χ4n) is 3.60. The number of fused-ring (bicyclic) bond motifs is 2. The number of halogens is 1. The van der Waals surface area contributed by atoms with Crippen LogP contribution in [-0.4, -0.2) is 30.3 Å². The van der Waals surface area contributed by atoms with E-state index in [-0.39, 0.29) is 17.7 Å². The lowest BCUT2D eigenvalue weighted by atomic mass is 10.1. The van der Waals surface area contributed by atoms with Crippen LogP contribution in [0.4, 0.5) is 0 Å². The van der Waals surface area contributed by atoms with Crippen molar-refractivity contribution in [2.75, 3.05) is 13.2 Å². The Labute approximate surface area is 172 Å². The van der Waals surface area contributed by atoms with Crippen LogP contribution in [-0.2, 0) is 4.79 Å². The van der Waals surface area contributed by atoms with E-state index < -0.39 is 0 Å². The van der Waals surface area contributed by atoms with Gasteiger partial charge < -0.3 is 9.47 Å². The second-order valence-corrected chi connectivity index (χ2v) is 7.51. The molecule has 0 radical (unpaired) electrons. The summed E-state index contributed by atoms with van der Waals surface area (Å²) >= 11 is 6.29. The van der Waals surface area contributed by atoms with E-state index in [0.29, 0.717) is 40.9 Å². The smallest absolute Gasteiger partial charge is 0.243 e. The molecule has 0 bridgehead atoms. The van der Waals surface area contributed by atoms with Crippen molar-refractivity contribution in [1.29, 1.82) is 0 Å². The van der Waals surface area contributed by atoms with Crippen molar-refractivity contribution in [2.24, 2.45) is 11.0 Å². The molecule has 146 valence electrons. The number of ether oxygens (including phenoxy) is 2. The van der Waals surface area contributed by atoms with Crippen molar-refractivity contribution in [3.63, 3.8) is 0 Å². The lowest BCUT2D eigenvalue weighted by Crippen LogP contribution is -2.20. The van der Waals surface area contributed by atoms with E-state index in [0.717, 1.165) is 11.8 Å². The molecule has 2 aromatic carbocycles. The van der Waals surface area contributed by atoms with Gasteiger partial charge in [-0.1, -0.05) is 41.9 Å². The Morgan fingerprint density at radius 3 is 2.69 bits per heavy atom. The molecule has 2 atom stereocenters. The maximum Gasteiger partial charge on any atom is 0.243 e. The molecule has 0 spiro atoms. The van der Waals surface area contributed by atoms with Gasteiger partial charge >= 0.3 is 0 Å². The molecule has 0 unspecified atom stereocenters. The Morgan fingerprint density at radius 2 is 1.90 bits per heavy atom.